The molecular weight excluding hydrogens is 314 g/mol. The van der Waals surface area contributed by atoms with Crippen molar-refractivity contribution in [2.24, 2.45) is 5.92 Å². The summed E-state index contributed by atoms with van der Waals surface area (Å²) in [5.74, 6) is 1.22. The molecule has 5 heteroatoms. The summed E-state index contributed by atoms with van der Waals surface area (Å²) >= 11 is 0. The third kappa shape index (κ3) is 3.36. The van der Waals surface area contributed by atoms with Gasteiger partial charge in [-0.3, -0.25) is 4.90 Å². The van der Waals surface area contributed by atoms with Crippen LogP contribution in [0.5, 0.6) is 0 Å². The molecule has 1 aromatic carbocycles. The van der Waals surface area contributed by atoms with Crippen LogP contribution in [-0.4, -0.2) is 51.0 Å². The molecule has 2 aliphatic rings. The van der Waals surface area contributed by atoms with E-state index in [1.165, 1.54) is 6.42 Å². The number of ether oxygens (including phenoxy) is 1. The summed E-state index contributed by atoms with van der Waals surface area (Å²) in [4.78, 5) is 7.08. The third-order valence-electron chi connectivity index (χ3n) is 5.82. The molecule has 1 aromatic heterocycles. The lowest BCUT2D eigenvalue weighted by Gasteiger charge is -2.43. The molecule has 0 amide bonds. The number of rotatable bonds is 4. The normalized spacial score (nSPS) is 30.6. The highest BCUT2D eigenvalue weighted by Gasteiger charge is 2.44. The summed E-state index contributed by atoms with van der Waals surface area (Å²) in [7, 11) is 0. The second-order valence-corrected chi connectivity index (χ2v) is 7.52. The molecule has 25 heavy (non-hydrogen) atoms. The van der Waals surface area contributed by atoms with Gasteiger partial charge in [0.05, 0.1) is 18.8 Å². The van der Waals surface area contributed by atoms with E-state index in [4.69, 9.17) is 4.74 Å². The SMILES string of the molecule is CC1(O)CCOCC1C1CCCN1Cc1nccn1-c1ccccc1. The summed E-state index contributed by atoms with van der Waals surface area (Å²) in [5, 5.41) is 10.8. The Morgan fingerprint density at radius 2 is 2.16 bits per heavy atom. The molecule has 0 bridgehead atoms. The van der Waals surface area contributed by atoms with Crippen molar-refractivity contribution >= 4 is 0 Å². The lowest BCUT2D eigenvalue weighted by atomic mass is 9.79. The van der Waals surface area contributed by atoms with Crippen LogP contribution in [0.1, 0.15) is 32.0 Å². The van der Waals surface area contributed by atoms with E-state index >= 15 is 0 Å². The summed E-state index contributed by atoms with van der Waals surface area (Å²) < 4.78 is 7.86. The van der Waals surface area contributed by atoms with Gasteiger partial charge in [0.25, 0.3) is 0 Å². The minimum atomic E-state index is -0.639. The first kappa shape index (κ1) is 16.8. The number of hydrogen-bond acceptors (Lipinski definition) is 4. The quantitative estimate of drug-likeness (QED) is 0.929. The van der Waals surface area contributed by atoms with Crippen LogP contribution in [0.4, 0.5) is 0 Å². The molecule has 0 saturated carbocycles. The molecule has 0 aliphatic carbocycles. The Morgan fingerprint density at radius 1 is 1.32 bits per heavy atom. The standard InChI is InChI=1S/C20H27N3O2/c1-20(24)9-13-25-15-17(20)18-8-5-11-22(18)14-19-21-10-12-23(19)16-6-3-2-4-7-16/h2-4,6-7,10,12,17-18,24H,5,8-9,11,13-15H2,1H3. The van der Waals surface area contributed by atoms with Gasteiger partial charge in [0.1, 0.15) is 5.82 Å². The molecule has 3 heterocycles. The number of hydrogen-bond donors (Lipinski definition) is 1. The van der Waals surface area contributed by atoms with Gasteiger partial charge in [0.2, 0.25) is 0 Å². The van der Waals surface area contributed by atoms with E-state index in [0.29, 0.717) is 19.3 Å². The van der Waals surface area contributed by atoms with Crippen LogP contribution in [0.3, 0.4) is 0 Å². The van der Waals surface area contributed by atoms with Crippen molar-refractivity contribution in [3.8, 4) is 5.69 Å². The van der Waals surface area contributed by atoms with Crippen molar-refractivity contribution in [1.82, 2.24) is 14.5 Å². The van der Waals surface area contributed by atoms with Crippen LogP contribution in [0.15, 0.2) is 42.7 Å². The van der Waals surface area contributed by atoms with Crippen molar-refractivity contribution in [2.75, 3.05) is 19.8 Å². The highest BCUT2D eigenvalue weighted by Crippen LogP contribution is 2.36. The second-order valence-electron chi connectivity index (χ2n) is 7.52. The molecule has 2 aliphatic heterocycles. The van der Waals surface area contributed by atoms with E-state index in [2.05, 4.69) is 26.6 Å². The van der Waals surface area contributed by atoms with Crippen molar-refractivity contribution in [3.63, 3.8) is 0 Å². The van der Waals surface area contributed by atoms with E-state index in [0.717, 1.165) is 37.4 Å². The van der Waals surface area contributed by atoms with Crippen molar-refractivity contribution in [2.45, 2.75) is 44.4 Å². The molecule has 4 rings (SSSR count). The van der Waals surface area contributed by atoms with Gasteiger partial charge in [-0.25, -0.2) is 4.98 Å². The zero-order chi connectivity index (χ0) is 17.3. The average molecular weight is 341 g/mol. The first-order valence-corrected chi connectivity index (χ1v) is 9.27. The number of para-hydroxylation sites is 1. The van der Waals surface area contributed by atoms with E-state index < -0.39 is 5.60 Å². The molecule has 2 fully saturated rings. The minimum absolute atomic E-state index is 0.170. The molecule has 3 atom stereocenters. The molecule has 2 aromatic rings. The number of imidazole rings is 1. The Bertz CT molecular complexity index is 698. The molecule has 0 radical (unpaired) electrons. The van der Waals surface area contributed by atoms with Crippen molar-refractivity contribution in [3.05, 3.63) is 48.5 Å². The largest absolute Gasteiger partial charge is 0.390 e. The fraction of sp³-hybridized carbons (Fsp3) is 0.550. The molecule has 3 unspecified atom stereocenters. The summed E-state index contributed by atoms with van der Waals surface area (Å²) in [6.45, 7) is 5.15. The van der Waals surface area contributed by atoms with Gasteiger partial charge in [0.15, 0.2) is 0 Å². The fourth-order valence-corrected chi connectivity index (χ4v) is 4.34. The van der Waals surface area contributed by atoms with E-state index in [-0.39, 0.29) is 5.92 Å². The lowest BCUT2D eigenvalue weighted by molar-refractivity contribution is -0.123. The zero-order valence-electron chi connectivity index (χ0n) is 14.8. The molecule has 134 valence electrons. The Hall–Kier alpha value is -1.69. The topological polar surface area (TPSA) is 50.5 Å². The Labute approximate surface area is 149 Å². The van der Waals surface area contributed by atoms with Gasteiger partial charge in [-0.2, -0.15) is 0 Å². The smallest absolute Gasteiger partial charge is 0.127 e. The molecule has 2 saturated heterocycles. The highest BCUT2D eigenvalue weighted by molar-refractivity contribution is 5.32. The zero-order valence-corrected chi connectivity index (χ0v) is 14.8. The van der Waals surface area contributed by atoms with Gasteiger partial charge in [-0.05, 0) is 44.9 Å². The van der Waals surface area contributed by atoms with Crippen LogP contribution in [0, 0.1) is 5.92 Å². The Balaban J connectivity index is 1.54. The van der Waals surface area contributed by atoms with E-state index in [9.17, 15) is 5.11 Å². The average Bonchev–Trinajstić information content (AvgIpc) is 3.25. The van der Waals surface area contributed by atoms with Gasteiger partial charge >= 0.3 is 0 Å². The molecular formula is C20H27N3O2. The molecule has 5 nitrogen and oxygen atoms in total. The number of likely N-dealkylation sites (tertiary alicyclic amines) is 1. The van der Waals surface area contributed by atoms with Crippen LogP contribution in [0.2, 0.25) is 0 Å². The maximum Gasteiger partial charge on any atom is 0.127 e. The predicted molar refractivity (Wildman–Crippen MR) is 96.5 cm³/mol. The summed E-state index contributed by atoms with van der Waals surface area (Å²) in [5.41, 5.74) is 0.499. The van der Waals surface area contributed by atoms with Crippen molar-refractivity contribution < 1.29 is 9.84 Å². The first-order valence-electron chi connectivity index (χ1n) is 9.27. The van der Waals surface area contributed by atoms with Crippen LogP contribution in [-0.2, 0) is 11.3 Å². The van der Waals surface area contributed by atoms with Gasteiger partial charge in [-0.1, -0.05) is 18.2 Å². The van der Waals surface area contributed by atoms with Crippen LogP contribution >= 0.6 is 0 Å². The van der Waals surface area contributed by atoms with Gasteiger partial charge in [-0.15, -0.1) is 0 Å². The predicted octanol–water partition coefficient (Wildman–Crippen LogP) is 2.62. The number of benzene rings is 1. The number of nitrogens with zero attached hydrogens (tertiary/aromatic N) is 3. The fourth-order valence-electron chi connectivity index (χ4n) is 4.34. The van der Waals surface area contributed by atoms with Crippen LogP contribution < -0.4 is 0 Å². The molecule has 1 N–H and O–H groups in total. The van der Waals surface area contributed by atoms with Gasteiger partial charge < -0.3 is 14.4 Å². The van der Waals surface area contributed by atoms with Crippen molar-refractivity contribution in [1.29, 1.82) is 0 Å². The van der Waals surface area contributed by atoms with E-state index in [1.807, 2.05) is 37.5 Å². The number of aromatic nitrogens is 2. The lowest BCUT2D eigenvalue weighted by Crippen LogP contribution is -2.52. The second kappa shape index (κ2) is 6.90. The maximum absolute atomic E-state index is 10.8. The van der Waals surface area contributed by atoms with Crippen LogP contribution in [0.25, 0.3) is 5.69 Å². The Morgan fingerprint density at radius 3 is 2.96 bits per heavy atom. The maximum atomic E-state index is 10.8. The number of aliphatic hydroxyl groups is 1. The highest BCUT2D eigenvalue weighted by atomic mass is 16.5. The first-order chi connectivity index (χ1) is 12.1. The third-order valence-corrected chi connectivity index (χ3v) is 5.82. The minimum Gasteiger partial charge on any atom is -0.390 e. The Kier molecular flexibility index (Phi) is 4.63. The van der Waals surface area contributed by atoms with E-state index in [1.54, 1.807) is 0 Å². The summed E-state index contributed by atoms with van der Waals surface area (Å²) in [6.07, 6.45) is 6.91. The molecule has 0 spiro atoms. The summed E-state index contributed by atoms with van der Waals surface area (Å²) in [6, 6.07) is 10.7. The van der Waals surface area contributed by atoms with Gasteiger partial charge in [0, 0.05) is 36.6 Å². The monoisotopic (exact) mass is 341 g/mol.